The Morgan fingerprint density at radius 1 is 1.38 bits per heavy atom. The van der Waals surface area contributed by atoms with E-state index in [9.17, 15) is 4.79 Å². The van der Waals surface area contributed by atoms with Gasteiger partial charge in [-0.05, 0) is 23.6 Å². The molecule has 0 radical (unpaired) electrons. The molecule has 2 aromatic rings. The molecule has 16 heavy (non-hydrogen) atoms. The van der Waals surface area contributed by atoms with E-state index < -0.39 is 5.97 Å². The van der Waals surface area contributed by atoms with E-state index in [1.165, 1.54) is 11.3 Å². The van der Waals surface area contributed by atoms with Crippen LogP contribution < -0.4 is 0 Å². The molecule has 0 aromatic carbocycles. The first-order valence-corrected chi connectivity index (χ1v) is 5.83. The van der Waals surface area contributed by atoms with Crippen LogP contribution in [0.25, 0.3) is 0 Å². The monoisotopic (exact) mass is 253 g/mol. The number of pyridine rings is 1. The molecule has 0 aliphatic rings. The number of hydrogen-bond acceptors (Lipinski definition) is 4. The van der Waals surface area contributed by atoms with Crippen molar-refractivity contribution in [2.75, 3.05) is 0 Å². The van der Waals surface area contributed by atoms with Gasteiger partial charge in [0.25, 0.3) is 0 Å². The molecule has 0 aliphatic heterocycles. The van der Waals surface area contributed by atoms with Gasteiger partial charge in [-0.1, -0.05) is 23.7 Å². The van der Waals surface area contributed by atoms with Crippen molar-refractivity contribution in [3.05, 3.63) is 51.4 Å². The molecule has 0 N–H and O–H groups in total. The number of nitrogens with zero attached hydrogens (tertiary/aromatic N) is 1. The summed E-state index contributed by atoms with van der Waals surface area (Å²) in [7, 11) is 0. The van der Waals surface area contributed by atoms with Gasteiger partial charge in [0.05, 0.1) is 0 Å². The summed E-state index contributed by atoms with van der Waals surface area (Å²) in [5, 5.41) is 2.21. The molecular weight excluding hydrogens is 246 g/mol. The molecule has 2 heterocycles. The molecule has 0 bridgehead atoms. The molecule has 0 aliphatic carbocycles. The first-order chi connectivity index (χ1) is 7.75. The first-order valence-electron chi connectivity index (χ1n) is 4.58. The molecule has 0 atom stereocenters. The molecule has 0 fully saturated rings. The van der Waals surface area contributed by atoms with Crippen LogP contribution >= 0.6 is 22.9 Å². The molecule has 0 saturated carbocycles. The predicted octanol–water partition coefficient (Wildman–Crippen LogP) is 3.15. The summed E-state index contributed by atoms with van der Waals surface area (Å²) in [5.74, 6) is -0.462. The van der Waals surface area contributed by atoms with Gasteiger partial charge in [-0.3, -0.25) is 0 Å². The highest BCUT2D eigenvalue weighted by molar-refractivity contribution is 7.09. The summed E-state index contributed by atoms with van der Waals surface area (Å²) in [6.07, 6.45) is 0. The second-order valence-corrected chi connectivity index (χ2v) is 4.42. The molecule has 2 rings (SSSR count). The van der Waals surface area contributed by atoms with Crippen molar-refractivity contribution in [1.29, 1.82) is 0 Å². The maximum Gasteiger partial charge on any atom is 0.357 e. The van der Waals surface area contributed by atoms with Crippen molar-refractivity contribution in [2.24, 2.45) is 0 Å². The quantitative estimate of drug-likeness (QED) is 0.623. The third-order valence-electron chi connectivity index (χ3n) is 1.85. The van der Waals surface area contributed by atoms with E-state index in [1.54, 1.807) is 18.2 Å². The molecule has 0 spiro atoms. The molecule has 0 amide bonds. The van der Waals surface area contributed by atoms with E-state index in [0.29, 0.717) is 0 Å². The summed E-state index contributed by atoms with van der Waals surface area (Å²) in [6, 6.07) is 8.66. The number of hydrogen-bond donors (Lipinski definition) is 0. The van der Waals surface area contributed by atoms with Gasteiger partial charge in [0.1, 0.15) is 17.5 Å². The predicted molar refractivity (Wildman–Crippen MR) is 62.7 cm³/mol. The van der Waals surface area contributed by atoms with E-state index in [0.717, 1.165) is 4.88 Å². The van der Waals surface area contributed by atoms with Gasteiger partial charge in [-0.2, -0.15) is 0 Å². The molecule has 0 unspecified atom stereocenters. The van der Waals surface area contributed by atoms with Gasteiger partial charge in [0, 0.05) is 4.88 Å². The van der Waals surface area contributed by atoms with Gasteiger partial charge >= 0.3 is 5.97 Å². The van der Waals surface area contributed by atoms with Crippen molar-refractivity contribution in [3.63, 3.8) is 0 Å². The molecule has 0 saturated heterocycles. The van der Waals surface area contributed by atoms with Crippen LogP contribution in [-0.4, -0.2) is 11.0 Å². The maximum absolute atomic E-state index is 11.6. The summed E-state index contributed by atoms with van der Waals surface area (Å²) in [6.45, 7) is 0.269. The minimum absolute atomic E-state index is 0.226. The third kappa shape index (κ3) is 2.81. The minimum atomic E-state index is -0.462. The minimum Gasteiger partial charge on any atom is -0.455 e. The zero-order valence-electron chi connectivity index (χ0n) is 8.22. The summed E-state index contributed by atoms with van der Waals surface area (Å²) >= 11 is 7.21. The van der Waals surface area contributed by atoms with Crippen LogP contribution in [0.3, 0.4) is 0 Å². The van der Waals surface area contributed by atoms with Crippen molar-refractivity contribution >= 4 is 28.9 Å². The Bertz CT molecular complexity index is 484. The van der Waals surface area contributed by atoms with Crippen LogP contribution in [0, 0.1) is 0 Å². The van der Waals surface area contributed by atoms with Crippen molar-refractivity contribution < 1.29 is 9.53 Å². The Hall–Kier alpha value is -1.39. The number of carbonyl (C=O) groups excluding carboxylic acids is 1. The Morgan fingerprint density at radius 2 is 2.25 bits per heavy atom. The van der Waals surface area contributed by atoms with Crippen LogP contribution in [0.4, 0.5) is 0 Å². The van der Waals surface area contributed by atoms with Gasteiger partial charge in [0.15, 0.2) is 0 Å². The maximum atomic E-state index is 11.6. The number of aromatic nitrogens is 1. The second-order valence-electron chi connectivity index (χ2n) is 3.00. The van der Waals surface area contributed by atoms with E-state index in [4.69, 9.17) is 16.3 Å². The Labute approximate surface area is 102 Å². The van der Waals surface area contributed by atoms with Crippen molar-refractivity contribution in [1.82, 2.24) is 4.98 Å². The van der Waals surface area contributed by atoms with Crippen LogP contribution in [0.1, 0.15) is 15.4 Å². The summed E-state index contributed by atoms with van der Waals surface area (Å²) < 4.78 is 5.08. The number of halogens is 1. The Balaban J connectivity index is 1.98. The number of rotatable bonds is 3. The van der Waals surface area contributed by atoms with Gasteiger partial charge in [-0.15, -0.1) is 11.3 Å². The fourth-order valence-electron chi connectivity index (χ4n) is 1.13. The standard InChI is InChI=1S/C11H8ClNO2S/c12-10-5-1-4-9(13-10)11(14)15-7-8-3-2-6-16-8/h1-6H,7H2. The lowest BCUT2D eigenvalue weighted by Crippen LogP contribution is -2.06. The van der Waals surface area contributed by atoms with Crippen molar-refractivity contribution in [3.8, 4) is 0 Å². The number of ether oxygens (including phenoxy) is 1. The van der Waals surface area contributed by atoms with E-state index in [1.807, 2.05) is 17.5 Å². The van der Waals surface area contributed by atoms with Crippen LogP contribution in [0.15, 0.2) is 35.7 Å². The molecule has 5 heteroatoms. The molecule has 3 nitrogen and oxygen atoms in total. The Kier molecular flexibility index (Phi) is 3.54. The van der Waals surface area contributed by atoms with Gasteiger partial charge in [0.2, 0.25) is 0 Å². The van der Waals surface area contributed by atoms with E-state index >= 15 is 0 Å². The highest BCUT2D eigenvalue weighted by Gasteiger charge is 2.09. The topological polar surface area (TPSA) is 39.2 Å². The average Bonchev–Trinajstić information content (AvgIpc) is 2.78. The zero-order valence-corrected chi connectivity index (χ0v) is 9.79. The fraction of sp³-hybridized carbons (Fsp3) is 0.0909. The highest BCUT2D eigenvalue weighted by atomic mass is 35.5. The van der Waals surface area contributed by atoms with Gasteiger partial charge in [-0.25, -0.2) is 9.78 Å². The average molecular weight is 254 g/mol. The third-order valence-corrected chi connectivity index (χ3v) is 2.91. The van der Waals surface area contributed by atoms with Crippen LogP contribution in [0.2, 0.25) is 5.15 Å². The second kappa shape index (κ2) is 5.09. The van der Waals surface area contributed by atoms with Crippen molar-refractivity contribution in [2.45, 2.75) is 6.61 Å². The highest BCUT2D eigenvalue weighted by Crippen LogP contribution is 2.11. The molecule has 2 aromatic heterocycles. The molecule has 82 valence electrons. The van der Waals surface area contributed by atoms with Crippen LogP contribution in [0.5, 0.6) is 0 Å². The number of carbonyl (C=O) groups is 1. The lowest BCUT2D eigenvalue weighted by molar-refractivity contribution is 0.0470. The van der Waals surface area contributed by atoms with E-state index in [2.05, 4.69) is 4.98 Å². The normalized spacial score (nSPS) is 10.1. The fourth-order valence-corrected chi connectivity index (χ4v) is 1.91. The lowest BCUT2D eigenvalue weighted by Gasteiger charge is -2.02. The number of thiophene rings is 1. The summed E-state index contributed by atoms with van der Waals surface area (Å²) in [4.78, 5) is 16.4. The van der Waals surface area contributed by atoms with E-state index in [-0.39, 0.29) is 17.5 Å². The molecular formula is C11H8ClNO2S. The Morgan fingerprint density at radius 3 is 2.94 bits per heavy atom. The summed E-state index contributed by atoms with van der Waals surface area (Å²) in [5.41, 5.74) is 0.226. The van der Waals surface area contributed by atoms with Gasteiger partial charge < -0.3 is 4.74 Å². The lowest BCUT2D eigenvalue weighted by atomic mass is 10.3. The largest absolute Gasteiger partial charge is 0.455 e. The smallest absolute Gasteiger partial charge is 0.357 e. The SMILES string of the molecule is O=C(OCc1cccs1)c1cccc(Cl)n1. The zero-order chi connectivity index (χ0) is 11.4. The van der Waals surface area contributed by atoms with Crippen LogP contribution in [-0.2, 0) is 11.3 Å². The first kappa shape index (κ1) is 11.1. The number of esters is 1.